The van der Waals surface area contributed by atoms with Gasteiger partial charge in [0, 0.05) is 13.0 Å². The number of amides is 2. The predicted molar refractivity (Wildman–Crippen MR) is 96.1 cm³/mol. The van der Waals surface area contributed by atoms with Crippen LogP contribution >= 0.6 is 11.3 Å². The van der Waals surface area contributed by atoms with Gasteiger partial charge in [-0.3, -0.25) is 9.59 Å². The molecule has 1 atom stereocenters. The minimum atomic E-state index is -0.424. The number of methoxy groups -OCH3 is 1. The quantitative estimate of drug-likeness (QED) is 0.885. The molecular weight excluding hydrogens is 340 g/mol. The summed E-state index contributed by atoms with van der Waals surface area (Å²) in [4.78, 5) is 26.5. The highest BCUT2D eigenvalue weighted by Crippen LogP contribution is 2.34. The van der Waals surface area contributed by atoms with Gasteiger partial charge in [-0.2, -0.15) is 0 Å². The molecule has 1 aromatic heterocycles. The van der Waals surface area contributed by atoms with Gasteiger partial charge in [0.2, 0.25) is 16.9 Å². The molecule has 0 radical (unpaired) electrons. The van der Waals surface area contributed by atoms with Gasteiger partial charge in [-0.05, 0) is 31.0 Å². The molecule has 8 heteroatoms. The smallest absolute Gasteiger partial charge is 0.231 e. The van der Waals surface area contributed by atoms with Crippen LogP contribution in [0.3, 0.4) is 0 Å². The normalized spacial score (nSPS) is 17.0. The van der Waals surface area contributed by atoms with E-state index >= 15 is 0 Å². The van der Waals surface area contributed by atoms with Crippen LogP contribution in [-0.4, -0.2) is 35.7 Å². The van der Waals surface area contributed by atoms with Crippen LogP contribution in [0.4, 0.5) is 10.8 Å². The number of hydrogen-bond donors (Lipinski definition) is 1. The number of hydrogen-bond acceptors (Lipinski definition) is 6. The zero-order valence-corrected chi connectivity index (χ0v) is 15.2. The number of carbonyl (C=O) groups excluding carboxylic acids is 2. The fourth-order valence-electron chi connectivity index (χ4n) is 2.78. The van der Waals surface area contributed by atoms with Crippen LogP contribution in [-0.2, 0) is 16.0 Å². The average Bonchev–Trinajstić information content (AvgIpc) is 3.21. The van der Waals surface area contributed by atoms with Crippen LogP contribution < -0.4 is 15.0 Å². The number of ether oxygens (including phenoxy) is 1. The molecule has 1 aliphatic heterocycles. The van der Waals surface area contributed by atoms with E-state index in [0.717, 1.165) is 17.0 Å². The summed E-state index contributed by atoms with van der Waals surface area (Å²) >= 11 is 1.35. The average molecular weight is 360 g/mol. The summed E-state index contributed by atoms with van der Waals surface area (Å²) in [5.41, 5.74) is 1.73. The van der Waals surface area contributed by atoms with E-state index in [1.807, 2.05) is 32.0 Å². The molecule has 1 aromatic carbocycles. The maximum atomic E-state index is 12.5. The Labute approximate surface area is 150 Å². The summed E-state index contributed by atoms with van der Waals surface area (Å²) in [5.74, 6) is -0.0970. The van der Waals surface area contributed by atoms with Crippen molar-refractivity contribution in [2.45, 2.75) is 26.7 Å². The molecule has 0 spiro atoms. The number of aromatic nitrogens is 2. The van der Waals surface area contributed by atoms with Crippen molar-refractivity contribution in [1.29, 1.82) is 0 Å². The molecule has 0 unspecified atom stereocenters. The van der Waals surface area contributed by atoms with Crippen LogP contribution in [0.2, 0.25) is 0 Å². The maximum Gasteiger partial charge on any atom is 0.231 e. The molecule has 1 saturated heterocycles. The van der Waals surface area contributed by atoms with Crippen molar-refractivity contribution in [3.05, 3.63) is 28.8 Å². The first-order valence-corrected chi connectivity index (χ1v) is 8.91. The predicted octanol–water partition coefficient (Wildman–Crippen LogP) is 2.41. The Kier molecular flexibility index (Phi) is 4.98. The van der Waals surface area contributed by atoms with Crippen LogP contribution in [0.1, 0.15) is 23.9 Å². The molecule has 2 aromatic rings. The number of nitrogens with one attached hydrogen (secondary N) is 1. The third kappa shape index (κ3) is 3.63. The second kappa shape index (κ2) is 7.18. The van der Waals surface area contributed by atoms with E-state index in [1.165, 1.54) is 11.3 Å². The van der Waals surface area contributed by atoms with Gasteiger partial charge in [0.15, 0.2) is 0 Å². The largest absolute Gasteiger partial charge is 0.495 e. The van der Waals surface area contributed by atoms with Crippen molar-refractivity contribution >= 4 is 34.0 Å². The lowest BCUT2D eigenvalue weighted by molar-refractivity contribution is -0.122. The van der Waals surface area contributed by atoms with Gasteiger partial charge in [0.25, 0.3) is 0 Å². The Bertz CT molecular complexity index is 805. The summed E-state index contributed by atoms with van der Waals surface area (Å²) in [6, 6.07) is 5.65. The lowest BCUT2D eigenvalue weighted by Gasteiger charge is -2.20. The van der Waals surface area contributed by atoms with Gasteiger partial charge < -0.3 is 15.0 Å². The van der Waals surface area contributed by atoms with E-state index in [9.17, 15) is 9.59 Å². The molecule has 0 saturated carbocycles. The Morgan fingerprint density at radius 3 is 2.92 bits per heavy atom. The zero-order valence-electron chi connectivity index (χ0n) is 14.4. The fourth-order valence-corrected chi connectivity index (χ4v) is 3.46. The lowest BCUT2D eigenvalue weighted by atomic mass is 10.1. The van der Waals surface area contributed by atoms with Crippen LogP contribution in [0, 0.1) is 12.8 Å². The molecule has 2 heterocycles. The molecule has 1 aliphatic rings. The maximum absolute atomic E-state index is 12.5. The second-order valence-electron chi connectivity index (χ2n) is 5.92. The number of rotatable bonds is 5. The summed E-state index contributed by atoms with van der Waals surface area (Å²) in [6.07, 6.45) is 0.943. The highest BCUT2D eigenvalue weighted by atomic mass is 32.1. The lowest BCUT2D eigenvalue weighted by Crippen LogP contribution is -2.28. The number of anilines is 2. The van der Waals surface area contributed by atoms with Crippen molar-refractivity contribution in [1.82, 2.24) is 10.2 Å². The van der Waals surface area contributed by atoms with Gasteiger partial charge in [-0.15, -0.1) is 10.2 Å². The minimum Gasteiger partial charge on any atom is -0.495 e. The summed E-state index contributed by atoms with van der Waals surface area (Å²) in [5, 5.41) is 12.0. The second-order valence-corrected chi connectivity index (χ2v) is 6.99. The molecule has 1 N–H and O–H groups in total. The minimum absolute atomic E-state index is 0.0874. The SMILES string of the molecule is CCc1nnc(NC(=O)[C@H]2CC(=O)N(c3cc(C)ccc3OC)C2)s1. The number of nitrogens with zero attached hydrogens (tertiary/aromatic N) is 3. The molecule has 2 amide bonds. The molecule has 0 bridgehead atoms. The number of carbonyl (C=O) groups is 2. The van der Waals surface area contributed by atoms with Crippen molar-refractivity contribution < 1.29 is 14.3 Å². The van der Waals surface area contributed by atoms with Crippen LogP contribution in [0.5, 0.6) is 5.75 Å². The molecule has 132 valence electrons. The zero-order chi connectivity index (χ0) is 18.0. The molecule has 7 nitrogen and oxygen atoms in total. The van der Waals surface area contributed by atoms with E-state index in [0.29, 0.717) is 23.1 Å². The molecule has 3 rings (SSSR count). The topological polar surface area (TPSA) is 84.4 Å². The Morgan fingerprint density at radius 2 is 2.24 bits per heavy atom. The Hall–Kier alpha value is -2.48. The number of aryl methyl sites for hydroxylation is 2. The van der Waals surface area contributed by atoms with Crippen LogP contribution in [0.15, 0.2) is 18.2 Å². The van der Waals surface area contributed by atoms with Gasteiger partial charge in [-0.1, -0.05) is 24.3 Å². The molecule has 25 heavy (non-hydrogen) atoms. The molecule has 1 fully saturated rings. The van der Waals surface area contributed by atoms with Crippen molar-refractivity contribution in [2.24, 2.45) is 5.92 Å². The number of benzene rings is 1. The van der Waals surface area contributed by atoms with Crippen molar-refractivity contribution in [3.8, 4) is 5.75 Å². The molecular formula is C17H20N4O3S. The summed E-state index contributed by atoms with van der Waals surface area (Å²) in [7, 11) is 1.57. The highest BCUT2D eigenvalue weighted by molar-refractivity contribution is 7.15. The monoisotopic (exact) mass is 360 g/mol. The van der Waals surface area contributed by atoms with Crippen molar-refractivity contribution in [2.75, 3.05) is 23.9 Å². The van der Waals surface area contributed by atoms with E-state index in [1.54, 1.807) is 12.0 Å². The first kappa shape index (κ1) is 17.3. The van der Waals surface area contributed by atoms with E-state index in [2.05, 4.69) is 15.5 Å². The first-order valence-electron chi connectivity index (χ1n) is 8.10. The van der Waals surface area contributed by atoms with E-state index in [4.69, 9.17) is 4.74 Å². The summed E-state index contributed by atoms with van der Waals surface area (Å²) in [6.45, 7) is 4.26. The standard InChI is InChI=1S/C17H20N4O3S/c1-4-14-19-20-17(25-14)18-16(23)11-8-15(22)21(9-11)12-7-10(2)5-6-13(12)24-3/h5-7,11H,4,8-9H2,1-3H3,(H,18,20,23)/t11-/m0/s1. The van der Waals surface area contributed by atoms with Gasteiger partial charge >= 0.3 is 0 Å². The summed E-state index contributed by atoms with van der Waals surface area (Å²) < 4.78 is 5.36. The third-order valence-corrected chi connectivity index (χ3v) is 5.10. The molecule has 0 aliphatic carbocycles. The first-order chi connectivity index (χ1) is 12.0. The van der Waals surface area contributed by atoms with E-state index in [-0.39, 0.29) is 18.2 Å². The van der Waals surface area contributed by atoms with Gasteiger partial charge in [0.05, 0.1) is 18.7 Å². The highest BCUT2D eigenvalue weighted by Gasteiger charge is 2.36. The third-order valence-electron chi connectivity index (χ3n) is 4.12. The Balaban J connectivity index is 1.74. The van der Waals surface area contributed by atoms with Gasteiger partial charge in [-0.25, -0.2) is 0 Å². The van der Waals surface area contributed by atoms with E-state index < -0.39 is 5.92 Å². The fraction of sp³-hybridized carbons (Fsp3) is 0.412. The van der Waals surface area contributed by atoms with Gasteiger partial charge in [0.1, 0.15) is 10.8 Å². The van der Waals surface area contributed by atoms with Crippen molar-refractivity contribution in [3.63, 3.8) is 0 Å². The Morgan fingerprint density at radius 1 is 1.44 bits per heavy atom. The van der Waals surface area contributed by atoms with Crippen LogP contribution in [0.25, 0.3) is 0 Å².